The second-order valence-corrected chi connectivity index (χ2v) is 6.17. The molecule has 2 aromatic carbocycles. The van der Waals surface area contributed by atoms with Crippen LogP contribution in [0.4, 0.5) is 0 Å². The molecule has 0 radical (unpaired) electrons. The maximum atomic E-state index is 12.0. The summed E-state index contributed by atoms with van der Waals surface area (Å²) in [6.45, 7) is 0.974. The number of fused-ring (bicyclic) bond motifs is 1. The van der Waals surface area contributed by atoms with E-state index >= 15 is 0 Å². The summed E-state index contributed by atoms with van der Waals surface area (Å²) < 4.78 is 15.4. The van der Waals surface area contributed by atoms with E-state index in [1.54, 1.807) is 43.3 Å². The first-order valence-electron chi connectivity index (χ1n) is 8.05. The lowest BCUT2D eigenvalue weighted by molar-refractivity contribution is -0.144. The highest BCUT2D eigenvalue weighted by molar-refractivity contribution is 6.34. The van der Waals surface area contributed by atoms with Gasteiger partial charge in [-0.15, -0.1) is 0 Å². The minimum Gasteiger partial charge on any atom is -0.482 e. The minimum atomic E-state index is -0.707. The molecule has 3 rings (SSSR count). The number of hydrogen-bond acceptors (Lipinski definition) is 6. The summed E-state index contributed by atoms with van der Waals surface area (Å²) in [6.07, 6.45) is 0. The van der Waals surface area contributed by atoms with E-state index in [-0.39, 0.29) is 5.56 Å². The average Bonchev–Trinajstić information content (AvgIpc) is 2.64. The fraction of sp³-hybridized carbons (Fsp3) is 0.150. The molecule has 138 valence electrons. The van der Waals surface area contributed by atoms with Crippen molar-refractivity contribution >= 4 is 34.3 Å². The van der Waals surface area contributed by atoms with Crippen molar-refractivity contribution in [2.45, 2.75) is 6.92 Å². The van der Waals surface area contributed by atoms with Gasteiger partial charge in [-0.05, 0) is 36.8 Å². The molecule has 0 N–H and O–H groups in total. The number of aryl methyl sites for hydroxylation is 1. The Bertz CT molecular complexity index is 1070. The number of ether oxygens (including phenoxy) is 2. The van der Waals surface area contributed by atoms with Crippen molar-refractivity contribution in [1.82, 2.24) is 0 Å². The van der Waals surface area contributed by atoms with Crippen molar-refractivity contribution in [3.05, 3.63) is 75.1 Å². The van der Waals surface area contributed by atoms with Gasteiger partial charge in [-0.25, -0.2) is 9.59 Å². The molecule has 3 aromatic rings. The van der Waals surface area contributed by atoms with E-state index in [1.165, 1.54) is 12.1 Å². The molecule has 0 aliphatic heterocycles. The summed E-state index contributed by atoms with van der Waals surface area (Å²) in [6, 6.07) is 12.8. The maximum absolute atomic E-state index is 12.0. The molecular weight excluding hydrogens is 372 g/mol. The lowest BCUT2D eigenvalue weighted by Crippen LogP contribution is -2.19. The van der Waals surface area contributed by atoms with E-state index in [1.807, 2.05) is 0 Å². The highest BCUT2D eigenvalue weighted by Gasteiger charge is 2.13. The highest BCUT2D eigenvalue weighted by Crippen LogP contribution is 2.22. The van der Waals surface area contributed by atoms with Gasteiger partial charge in [0.15, 0.2) is 13.2 Å². The van der Waals surface area contributed by atoms with Crippen LogP contribution in [0.15, 0.2) is 57.7 Å². The smallest absolute Gasteiger partial charge is 0.344 e. The fourth-order valence-corrected chi connectivity index (χ4v) is 2.73. The normalized spacial score (nSPS) is 10.6. The molecule has 1 aromatic heterocycles. The number of halogens is 1. The molecule has 6 nitrogen and oxygen atoms in total. The summed E-state index contributed by atoms with van der Waals surface area (Å²) in [7, 11) is 0. The second-order valence-electron chi connectivity index (χ2n) is 5.76. The molecule has 0 unspecified atom stereocenters. The lowest BCUT2D eigenvalue weighted by Gasteiger charge is -2.08. The molecule has 0 saturated heterocycles. The van der Waals surface area contributed by atoms with Crippen molar-refractivity contribution in [2.75, 3.05) is 13.2 Å². The number of carbonyl (C=O) groups excluding carboxylic acids is 2. The van der Waals surface area contributed by atoms with E-state index in [2.05, 4.69) is 0 Å². The van der Waals surface area contributed by atoms with E-state index < -0.39 is 30.6 Å². The van der Waals surface area contributed by atoms with Gasteiger partial charge in [-0.2, -0.15) is 0 Å². The minimum absolute atomic E-state index is 0.285. The van der Waals surface area contributed by atoms with E-state index in [9.17, 15) is 14.4 Å². The van der Waals surface area contributed by atoms with Gasteiger partial charge in [0.25, 0.3) is 0 Å². The first kappa shape index (κ1) is 18.7. The van der Waals surface area contributed by atoms with Crippen LogP contribution in [0.2, 0.25) is 5.02 Å². The molecule has 27 heavy (non-hydrogen) atoms. The SMILES string of the molecule is Cc1cc(=O)oc2cc(OCC(=O)OCC(=O)c3ccccc3Cl)ccc12. The van der Waals surface area contributed by atoms with Crippen LogP contribution >= 0.6 is 11.6 Å². The van der Waals surface area contributed by atoms with Crippen molar-refractivity contribution < 1.29 is 23.5 Å². The van der Waals surface area contributed by atoms with Gasteiger partial charge in [-0.3, -0.25) is 4.79 Å². The maximum Gasteiger partial charge on any atom is 0.344 e. The van der Waals surface area contributed by atoms with Crippen LogP contribution in [-0.4, -0.2) is 25.0 Å². The summed E-state index contributed by atoms with van der Waals surface area (Å²) >= 11 is 5.93. The number of carbonyl (C=O) groups is 2. The average molecular weight is 387 g/mol. The Balaban J connectivity index is 1.58. The predicted molar refractivity (Wildman–Crippen MR) is 99.5 cm³/mol. The molecule has 0 aliphatic carbocycles. The fourth-order valence-electron chi connectivity index (χ4n) is 2.49. The summed E-state index contributed by atoms with van der Waals surface area (Å²) in [5.74, 6) is -0.774. The molecule has 7 heteroatoms. The number of ketones is 1. The Hall–Kier alpha value is -3.12. The van der Waals surface area contributed by atoms with E-state index in [0.29, 0.717) is 16.4 Å². The largest absolute Gasteiger partial charge is 0.482 e. The topological polar surface area (TPSA) is 82.8 Å². The molecule has 0 aliphatic rings. The second kappa shape index (κ2) is 8.05. The third kappa shape index (κ3) is 4.54. The Morgan fingerprint density at radius 2 is 1.85 bits per heavy atom. The van der Waals surface area contributed by atoms with Crippen LogP contribution in [0.3, 0.4) is 0 Å². The summed E-state index contributed by atoms with van der Waals surface area (Å²) in [5.41, 5.74) is 0.965. The van der Waals surface area contributed by atoms with Crippen LogP contribution < -0.4 is 10.4 Å². The zero-order chi connectivity index (χ0) is 19.4. The zero-order valence-electron chi connectivity index (χ0n) is 14.4. The number of benzene rings is 2. The van der Waals surface area contributed by atoms with E-state index in [4.69, 9.17) is 25.5 Å². The third-order valence-corrected chi connectivity index (χ3v) is 4.15. The predicted octanol–water partition coefficient (Wildman–Crippen LogP) is 3.56. The van der Waals surface area contributed by atoms with Crippen molar-refractivity contribution in [3.63, 3.8) is 0 Å². The Labute approximate surface area is 159 Å². The van der Waals surface area contributed by atoms with Gasteiger partial charge in [0.05, 0.1) is 5.02 Å². The van der Waals surface area contributed by atoms with Gasteiger partial charge >= 0.3 is 11.6 Å². The molecule has 0 bridgehead atoms. The monoisotopic (exact) mass is 386 g/mol. The summed E-state index contributed by atoms with van der Waals surface area (Å²) in [5, 5.41) is 1.07. The number of hydrogen-bond donors (Lipinski definition) is 0. The standard InChI is InChI=1S/C20H15ClO6/c1-12-8-19(23)27-18-9-13(6-7-14(12)18)25-11-20(24)26-10-17(22)15-4-2-3-5-16(15)21/h2-9H,10-11H2,1H3. The number of Topliss-reactive ketones (excluding diaryl/α,β-unsaturated/α-hetero) is 1. The number of rotatable bonds is 6. The van der Waals surface area contributed by atoms with Gasteiger partial charge in [-0.1, -0.05) is 23.7 Å². The quantitative estimate of drug-likeness (QED) is 0.366. The van der Waals surface area contributed by atoms with Crippen molar-refractivity contribution in [2.24, 2.45) is 0 Å². The third-order valence-electron chi connectivity index (χ3n) is 3.82. The molecule has 0 fully saturated rings. The lowest BCUT2D eigenvalue weighted by atomic mass is 10.1. The Morgan fingerprint density at radius 3 is 2.63 bits per heavy atom. The Morgan fingerprint density at radius 1 is 1.07 bits per heavy atom. The van der Waals surface area contributed by atoms with Crippen LogP contribution in [0.25, 0.3) is 11.0 Å². The van der Waals surface area contributed by atoms with Crippen molar-refractivity contribution in [1.29, 1.82) is 0 Å². The molecule has 0 amide bonds. The van der Waals surface area contributed by atoms with Crippen LogP contribution in [0.1, 0.15) is 15.9 Å². The van der Waals surface area contributed by atoms with Crippen LogP contribution in [-0.2, 0) is 9.53 Å². The van der Waals surface area contributed by atoms with Crippen LogP contribution in [0.5, 0.6) is 5.75 Å². The Kier molecular flexibility index (Phi) is 5.57. The van der Waals surface area contributed by atoms with Crippen molar-refractivity contribution in [3.8, 4) is 5.75 Å². The van der Waals surface area contributed by atoms with E-state index in [0.717, 1.165) is 10.9 Å². The molecule has 0 atom stereocenters. The van der Waals surface area contributed by atoms with Gasteiger partial charge in [0.1, 0.15) is 11.3 Å². The van der Waals surface area contributed by atoms with Gasteiger partial charge in [0.2, 0.25) is 5.78 Å². The first-order valence-corrected chi connectivity index (χ1v) is 8.42. The summed E-state index contributed by atoms with van der Waals surface area (Å²) in [4.78, 5) is 35.3. The van der Waals surface area contributed by atoms with Gasteiger partial charge < -0.3 is 13.9 Å². The molecule has 0 saturated carbocycles. The van der Waals surface area contributed by atoms with Gasteiger partial charge in [0, 0.05) is 23.1 Å². The first-order chi connectivity index (χ1) is 12.9. The molecular formula is C20H15ClO6. The molecule has 0 spiro atoms. The number of esters is 1. The molecule has 1 heterocycles. The van der Waals surface area contributed by atoms with Crippen LogP contribution in [0, 0.1) is 6.92 Å². The zero-order valence-corrected chi connectivity index (χ0v) is 15.1. The highest BCUT2D eigenvalue weighted by atomic mass is 35.5.